The van der Waals surface area contributed by atoms with E-state index in [4.69, 9.17) is 25.5 Å². The normalized spacial score (nSPS) is 16.4. The van der Waals surface area contributed by atoms with Crippen LogP contribution in [0, 0.1) is 0 Å². The first kappa shape index (κ1) is 19.4. The quantitative estimate of drug-likeness (QED) is 0.406. The second-order valence-corrected chi connectivity index (χ2v) is 8.54. The van der Waals surface area contributed by atoms with E-state index in [9.17, 15) is 4.79 Å². The van der Waals surface area contributed by atoms with Crippen LogP contribution in [-0.2, 0) is 4.74 Å². The van der Waals surface area contributed by atoms with Crippen LogP contribution < -0.4 is 9.64 Å². The summed E-state index contributed by atoms with van der Waals surface area (Å²) in [5.74, 6) is 0.556. The number of rotatable bonds is 5. The van der Waals surface area contributed by atoms with Crippen LogP contribution in [-0.4, -0.2) is 37.3 Å². The number of ether oxygens (including phenoxy) is 2. The van der Waals surface area contributed by atoms with Gasteiger partial charge in [0, 0.05) is 12.0 Å². The Labute approximate surface area is 182 Å². The molecule has 1 aliphatic rings. The van der Waals surface area contributed by atoms with Gasteiger partial charge < -0.3 is 13.9 Å². The highest BCUT2D eigenvalue weighted by molar-refractivity contribution is 7.22. The average Bonchev–Trinajstić information content (AvgIpc) is 3.50. The van der Waals surface area contributed by atoms with Gasteiger partial charge in [-0.25, -0.2) is 4.98 Å². The summed E-state index contributed by atoms with van der Waals surface area (Å²) in [5.41, 5.74) is 1.24. The van der Waals surface area contributed by atoms with Crippen molar-refractivity contribution in [3.05, 3.63) is 53.2 Å². The largest absolute Gasteiger partial charge is 0.493 e. The zero-order valence-corrected chi connectivity index (χ0v) is 17.8. The number of carbonyl (C=O) groups is 1. The van der Waals surface area contributed by atoms with E-state index < -0.39 is 0 Å². The van der Waals surface area contributed by atoms with E-state index in [0.29, 0.717) is 40.2 Å². The van der Waals surface area contributed by atoms with Crippen molar-refractivity contribution in [1.29, 1.82) is 0 Å². The summed E-state index contributed by atoms with van der Waals surface area (Å²) in [6, 6.07) is 12.9. The van der Waals surface area contributed by atoms with Crippen molar-refractivity contribution >= 4 is 55.2 Å². The van der Waals surface area contributed by atoms with Crippen LogP contribution in [0.3, 0.4) is 0 Å². The molecule has 2 aromatic heterocycles. The topological polar surface area (TPSA) is 64.8 Å². The van der Waals surface area contributed by atoms with E-state index >= 15 is 0 Å². The number of carbonyl (C=O) groups excluding carboxylic acids is 1. The molecular weight excluding hydrogens is 424 g/mol. The van der Waals surface area contributed by atoms with Crippen LogP contribution in [0.4, 0.5) is 5.13 Å². The predicted octanol–water partition coefficient (Wildman–Crippen LogP) is 5.53. The molecule has 0 spiro atoms. The van der Waals surface area contributed by atoms with E-state index in [-0.39, 0.29) is 17.8 Å². The number of aromatic nitrogens is 1. The number of nitrogens with zero attached hydrogens (tertiary/aromatic N) is 2. The zero-order chi connectivity index (χ0) is 20.7. The Bertz CT molecular complexity index is 1230. The smallest absolute Gasteiger partial charge is 0.295 e. The van der Waals surface area contributed by atoms with Gasteiger partial charge in [0.05, 0.1) is 29.5 Å². The summed E-state index contributed by atoms with van der Waals surface area (Å²) in [6.45, 7) is 1.12. The summed E-state index contributed by atoms with van der Waals surface area (Å²) in [6.07, 6.45) is 1.86. The van der Waals surface area contributed by atoms with Crippen molar-refractivity contribution in [2.24, 2.45) is 0 Å². The highest BCUT2D eigenvalue weighted by Crippen LogP contribution is 2.35. The fraction of sp³-hybridized carbons (Fsp3) is 0.273. The zero-order valence-electron chi connectivity index (χ0n) is 16.3. The van der Waals surface area contributed by atoms with Crippen molar-refractivity contribution in [3.63, 3.8) is 0 Å². The monoisotopic (exact) mass is 442 g/mol. The minimum absolute atomic E-state index is 0.0321. The molecule has 1 fully saturated rings. The first-order valence-corrected chi connectivity index (χ1v) is 10.9. The first-order valence-electron chi connectivity index (χ1n) is 9.69. The first-order chi connectivity index (χ1) is 14.6. The molecule has 1 atom stereocenters. The van der Waals surface area contributed by atoms with Crippen molar-refractivity contribution in [1.82, 2.24) is 4.98 Å². The van der Waals surface area contributed by atoms with Gasteiger partial charge in [0.15, 0.2) is 22.2 Å². The number of hydrogen-bond donors (Lipinski definition) is 0. The molecule has 0 aliphatic carbocycles. The molecule has 8 heteroatoms. The van der Waals surface area contributed by atoms with Gasteiger partial charge in [-0.2, -0.15) is 0 Å². The average molecular weight is 443 g/mol. The second-order valence-electron chi connectivity index (χ2n) is 7.12. The molecule has 154 valence electrons. The lowest BCUT2D eigenvalue weighted by atomic mass is 10.2. The Kier molecular flexibility index (Phi) is 5.10. The number of thiazole rings is 1. The highest BCUT2D eigenvalue weighted by Gasteiger charge is 2.29. The van der Waals surface area contributed by atoms with Gasteiger partial charge in [-0.15, -0.1) is 0 Å². The van der Waals surface area contributed by atoms with Gasteiger partial charge in [0.2, 0.25) is 0 Å². The molecule has 1 saturated heterocycles. The molecule has 1 amide bonds. The summed E-state index contributed by atoms with van der Waals surface area (Å²) >= 11 is 7.74. The highest BCUT2D eigenvalue weighted by atomic mass is 35.5. The Morgan fingerprint density at radius 2 is 2.20 bits per heavy atom. The summed E-state index contributed by atoms with van der Waals surface area (Å²) in [7, 11) is 1.58. The number of amides is 1. The van der Waals surface area contributed by atoms with E-state index in [1.54, 1.807) is 30.2 Å². The number of para-hydroxylation sites is 2. The number of anilines is 1. The molecule has 2 aromatic carbocycles. The van der Waals surface area contributed by atoms with Crippen LogP contribution in [0.2, 0.25) is 5.02 Å². The maximum absolute atomic E-state index is 13.5. The second kappa shape index (κ2) is 7.91. The van der Waals surface area contributed by atoms with Crippen LogP contribution in [0.1, 0.15) is 23.4 Å². The molecule has 30 heavy (non-hydrogen) atoms. The van der Waals surface area contributed by atoms with Crippen molar-refractivity contribution in [3.8, 4) is 5.75 Å². The fourth-order valence-corrected chi connectivity index (χ4v) is 4.97. The third kappa shape index (κ3) is 3.43. The van der Waals surface area contributed by atoms with Gasteiger partial charge in [-0.3, -0.25) is 9.69 Å². The Morgan fingerprint density at radius 3 is 2.97 bits per heavy atom. The number of benzene rings is 2. The number of furan rings is 1. The molecule has 5 rings (SSSR count). The Morgan fingerprint density at radius 1 is 1.33 bits per heavy atom. The molecule has 6 nitrogen and oxygen atoms in total. The van der Waals surface area contributed by atoms with Gasteiger partial charge in [0.25, 0.3) is 5.91 Å². The van der Waals surface area contributed by atoms with Gasteiger partial charge in [-0.1, -0.05) is 41.1 Å². The molecule has 3 heterocycles. The molecule has 1 aliphatic heterocycles. The summed E-state index contributed by atoms with van der Waals surface area (Å²) < 4.78 is 18.0. The molecule has 0 bridgehead atoms. The molecule has 1 unspecified atom stereocenters. The van der Waals surface area contributed by atoms with Gasteiger partial charge >= 0.3 is 0 Å². The van der Waals surface area contributed by atoms with Crippen molar-refractivity contribution < 1.29 is 18.7 Å². The molecule has 4 aromatic rings. The minimum atomic E-state index is -0.265. The number of methoxy groups -OCH3 is 1. The lowest BCUT2D eigenvalue weighted by Crippen LogP contribution is -2.37. The van der Waals surface area contributed by atoms with Crippen molar-refractivity contribution in [2.45, 2.75) is 18.9 Å². The van der Waals surface area contributed by atoms with Crippen LogP contribution in [0.5, 0.6) is 5.75 Å². The lowest BCUT2D eigenvalue weighted by Gasteiger charge is -2.22. The Hall–Kier alpha value is -2.61. The third-order valence-corrected chi connectivity index (χ3v) is 6.53. The molecular formula is C22H19ClN2O4S. The summed E-state index contributed by atoms with van der Waals surface area (Å²) in [4.78, 5) is 19.8. The Balaban J connectivity index is 1.56. The van der Waals surface area contributed by atoms with Crippen molar-refractivity contribution in [2.75, 3.05) is 25.2 Å². The third-order valence-electron chi connectivity index (χ3n) is 5.18. The van der Waals surface area contributed by atoms with E-state index in [2.05, 4.69) is 4.98 Å². The lowest BCUT2D eigenvalue weighted by molar-refractivity contribution is 0.0896. The van der Waals surface area contributed by atoms with E-state index in [1.807, 2.05) is 24.3 Å². The minimum Gasteiger partial charge on any atom is -0.493 e. The van der Waals surface area contributed by atoms with Gasteiger partial charge in [0.1, 0.15) is 5.52 Å². The number of hydrogen-bond acceptors (Lipinski definition) is 6. The van der Waals surface area contributed by atoms with Crippen LogP contribution in [0.25, 0.3) is 21.2 Å². The predicted molar refractivity (Wildman–Crippen MR) is 118 cm³/mol. The van der Waals surface area contributed by atoms with E-state index in [0.717, 1.165) is 22.9 Å². The van der Waals surface area contributed by atoms with Gasteiger partial charge in [-0.05, 0) is 37.1 Å². The fourth-order valence-electron chi connectivity index (χ4n) is 3.69. The molecule has 0 radical (unpaired) electrons. The van der Waals surface area contributed by atoms with Crippen LogP contribution >= 0.6 is 22.9 Å². The SMILES string of the molecule is COc1cccc2cc(C(=O)N(CC3CCCO3)c3nc4c(Cl)cccc4s3)oc12. The van der Waals surface area contributed by atoms with Crippen LogP contribution in [0.15, 0.2) is 46.9 Å². The maximum atomic E-state index is 13.5. The molecule has 0 N–H and O–H groups in total. The van der Waals surface area contributed by atoms with E-state index in [1.165, 1.54) is 11.3 Å². The number of fused-ring (bicyclic) bond motifs is 2. The maximum Gasteiger partial charge on any atom is 0.295 e. The standard InChI is InChI=1S/C22H19ClN2O4S/c1-27-16-8-2-5-13-11-17(29-20(13)16)21(26)25(12-14-6-4-10-28-14)22-24-19-15(23)7-3-9-18(19)30-22/h2-3,5,7-9,11,14H,4,6,10,12H2,1H3. The summed E-state index contributed by atoms with van der Waals surface area (Å²) in [5, 5.41) is 1.95. The molecule has 0 saturated carbocycles. The number of halogens is 1.